The number of esters is 2. The van der Waals surface area contributed by atoms with E-state index in [1.54, 1.807) is 12.2 Å². The number of hydrogen-bond donors (Lipinski definition) is 3. The Balaban J connectivity index is 4.44. The molecule has 0 saturated carbocycles. The maximum atomic E-state index is 12.6. The first-order valence-electron chi connectivity index (χ1n) is 22.0. The van der Waals surface area contributed by atoms with E-state index in [4.69, 9.17) is 24.8 Å². The van der Waals surface area contributed by atoms with Gasteiger partial charge >= 0.3 is 25.7 Å². The third-order valence-corrected chi connectivity index (χ3v) is 10.3. The highest BCUT2D eigenvalue weighted by Gasteiger charge is 2.28. The number of hydrogen-bond acceptors (Lipinski definition) is 10. The summed E-state index contributed by atoms with van der Waals surface area (Å²) in [5.41, 5.74) is 5.32. The lowest BCUT2D eigenvalue weighted by Crippen LogP contribution is -2.34. The maximum Gasteiger partial charge on any atom is 0.472 e. The number of allylic oxidation sites excluding steroid dienone is 6. The van der Waals surface area contributed by atoms with E-state index in [-0.39, 0.29) is 18.6 Å². The average molecular weight is 828 g/mol. The van der Waals surface area contributed by atoms with Gasteiger partial charge in [-0.15, -0.1) is 0 Å². The van der Waals surface area contributed by atoms with E-state index in [2.05, 4.69) is 36.6 Å². The van der Waals surface area contributed by atoms with Crippen molar-refractivity contribution in [1.82, 2.24) is 0 Å². The van der Waals surface area contributed by atoms with Crippen molar-refractivity contribution in [3.63, 3.8) is 0 Å². The molecule has 1 unspecified atom stereocenters. The molecule has 0 aromatic heterocycles. The van der Waals surface area contributed by atoms with E-state index in [1.165, 1.54) is 70.6 Å². The normalized spacial score (nSPS) is 14.0. The van der Waals surface area contributed by atoms with Crippen molar-refractivity contribution < 1.29 is 52.3 Å². The van der Waals surface area contributed by atoms with E-state index in [1.807, 2.05) is 6.08 Å². The van der Waals surface area contributed by atoms with Crippen LogP contribution in [0.5, 0.6) is 0 Å². The van der Waals surface area contributed by atoms with Crippen molar-refractivity contribution in [2.24, 2.45) is 5.73 Å². The van der Waals surface area contributed by atoms with Gasteiger partial charge in [-0.25, -0.2) is 4.57 Å². The Morgan fingerprint density at radius 1 is 0.579 bits per heavy atom. The molecule has 0 heterocycles. The van der Waals surface area contributed by atoms with Crippen LogP contribution in [0.4, 0.5) is 0 Å². The zero-order chi connectivity index (χ0) is 42.2. The Morgan fingerprint density at radius 2 is 1.04 bits per heavy atom. The van der Waals surface area contributed by atoms with Crippen LogP contribution in [0.15, 0.2) is 36.5 Å². The van der Waals surface area contributed by atoms with Crippen LogP contribution in [0.3, 0.4) is 0 Å². The highest BCUT2D eigenvalue weighted by atomic mass is 31.2. The Labute approximate surface area is 344 Å². The largest absolute Gasteiger partial charge is 0.480 e. The Bertz CT molecular complexity index is 1170. The Hall–Kier alpha value is -2.63. The number of phosphoric acid groups is 1. The van der Waals surface area contributed by atoms with E-state index in [9.17, 15) is 28.6 Å². The number of phosphoric ester groups is 1. The van der Waals surface area contributed by atoms with Gasteiger partial charge in [0.15, 0.2) is 11.9 Å². The molecule has 0 radical (unpaired) electrons. The van der Waals surface area contributed by atoms with E-state index in [0.717, 1.165) is 70.6 Å². The molecule has 12 nitrogen and oxygen atoms in total. The molecule has 0 aromatic carbocycles. The van der Waals surface area contributed by atoms with Crippen molar-refractivity contribution >= 4 is 31.5 Å². The molecule has 0 aliphatic carbocycles. The summed E-state index contributed by atoms with van der Waals surface area (Å²) in [6.07, 6.45) is 37.4. The van der Waals surface area contributed by atoms with Gasteiger partial charge in [0.1, 0.15) is 12.6 Å². The van der Waals surface area contributed by atoms with Gasteiger partial charge in [0.2, 0.25) is 0 Å². The second-order valence-electron chi connectivity index (χ2n) is 14.9. The molecule has 57 heavy (non-hydrogen) atoms. The fraction of sp³-hybridized carbons (Fsp3) is 0.773. The molecule has 0 aliphatic rings. The van der Waals surface area contributed by atoms with Gasteiger partial charge in [0.05, 0.1) is 13.2 Å². The number of unbranched alkanes of at least 4 members (excludes halogenated alkanes) is 20. The molecular weight excluding hydrogens is 749 g/mol. The van der Waals surface area contributed by atoms with Gasteiger partial charge in [-0.3, -0.25) is 28.2 Å². The van der Waals surface area contributed by atoms with Gasteiger partial charge in [0, 0.05) is 19.3 Å². The van der Waals surface area contributed by atoms with Crippen LogP contribution in [0, 0.1) is 0 Å². The second-order valence-corrected chi connectivity index (χ2v) is 16.3. The van der Waals surface area contributed by atoms with Crippen LogP contribution in [0.1, 0.15) is 187 Å². The fourth-order valence-electron chi connectivity index (χ4n) is 5.81. The zero-order valence-electron chi connectivity index (χ0n) is 35.4. The lowest BCUT2D eigenvalue weighted by Gasteiger charge is -2.20. The van der Waals surface area contributed by atoms with Crippen molar-refractivity contribution in [1.29, 1.82) is 0 Å². The number of nitrogens with two attached hydrogens (primary N) is 1. The lowest BCUT2D eigenvalue weighted by atomic mass is 10.1. The van der Waals surface area contributed by atoms with Gasteiger partial charge in [-0.05, 0) is 63.9 Å². The number of carbonyl (C=O) groups is 4. The standard InChI is InChI=1S/C44H78NO11P/c1-3-5-7-9-11-12-13-14-15-16-17-18-19-20-22-26-31-35-43(48)56-40(37-54-57(51,52)55-38-41(45)44(49)50)36-53-42(47)34-30-27-23-25-29-33-39(46)32-28-24-21-10-8-6-4-2/h14-15,21,24,28,32,40-41H,3-13,16-20,22-23,25-27,29-31,33-38,45H2,1-2H3,(H,49,50)(H,51,52)/b15-14-,24-21-,32-28+/t40-,41+/m1/s1. The summed E-state index contributed by atoms with van der Waals surface area (Å²) < 4.78 is 32.6. The summed E-state index contributed by atoms with van der Waals surface area (Å²) in [7, 11) is -4.74. The third kappa shape index (κ3) is 38.6. The topological polar surface area (TPSA) is 189 Å². The third-order valence-electron chi connectivity index (χ3n) is 9.34. The van der Waals surface area contributed by atoms with Crippen LogP contribution >= 0.6 is 7.82 Å². The minimum atomic E-state index is -4.74. The van der Waals surface area contributed by atoms with Gasteiger partial charge in [-0.1, -0.05) is 141 Å². The highest BCUT2D eigenvalue weighted by molar-refractivity contribution is 7.47. The molecule has 0 amide bonds. The predicted octanol–water partition coefficient (Wildman–Crippen LogP) is 10.8. The number of ketones is 1. The molecule has 4 N–H and O–H groups in total. The van der Waals surface area contributed by atoms with Crippen molar-refractivity contribution in [2.75, 3.05) is 19.8 Å². The van der Waals surface area contributed by atoms with Crippen molar-refractivity contribution in [3.8, 4) is 0 Å². The van der Waals surface area contributed by atoms with Gasteiger partial charge < -0.3 is 25.2 Å². The number of carboxylic acid groups (broad SMARTS) is 1. The molecule has 0 aromatic rings. The summed E-state index contributed by atoms with van der Waals surface area (Å²) in [6.45, 7) is 2.62. The fourth-order valence-corrected chi connectivity index (χ4v) is 6.58. The number of carboxylic acids is 1. The molecule has 3 atom stereocenters. The monoisotopic (exact) mass is 828 g/mol. The first kappa shape index (κ1) is 54.4. The summed E-state index contributed by atoms with van der Waals surface area (Å²) in [5.74, 6) is -2.39. The second kappa shape index (κ2) is 38.9. The summed E-state index contributed by atoms with van der Waals surface area (Å²) in [6, 6.07) is -1.54. The molecule has 0 aliphatic heterocycles. The first-order chi connectivity index (χ1) is 27.5. The van der Waals surface area contributed by atoms with Crippen LogP contribution in [-0.4, -0.2) is 65.7 Å². The van der Waals surface area contributed by atoms with E-state index >= 15 is 0 Å². The predicted molar refractivity (Wildman–Crippen MR) is 227 cm³/mol. The molecule has 0 fully saturated rings. The number of ether oxygens (including phenoxy) is 2. The smallest absolute Gasteiger partial charge is 0.472 e. The van der Waals surface area contributed by atoms with Crippen LogP contribution in [-0.2, 0) is 42.3 Å². The lowest BCUT2D eigenvalue weighted by molar-refractivity contribution is -0.161. The molecular formula is C44H78NO11P. The molecule has 13 heteroatoms. The van der Waals surface area contributed by atoms with Gasteiger partial charge in [0.25, 0.3) is 0 Å². The first-order valence-corrected chi connectivity index (χ1v) is 23.5. The summed E-state index contributed by atoms with van der Waals surface area (Å²) in [5, 5.41) is 8.88. The number of aliphatic carboxylic acids is 1. The van der Waals surface area contributed by atoms with Crippen LogP contribution in [0.2, 0.25) is 0 Å². The highest BCUT2D eigenvalue weighted by Crippen LogP contribution is 2.43. The molecule has 0 rings (SSSR count). The van der Waals surface area contributed by atoms with Crippen molar-refractivity contribution in [3.05, 3.63) is 36.5 Å². The van der Waals surface area contributed by atoms with Crippen LogP contribution < -0.4 is 5.73 Å². The van der Waals surface area contributed by atoms with Gasteiger partial charge in [-0.2, -0.15) is 0 Å². The van der Waals surface area contributed by atoms with Crippen LogP contribution in [0.25, 0.3) is 0 Å². The molecule has 0 saturated heterocycles. The molecule has 0 spiro atoms. The Kier molecular flexibility index (Phi) is 37.1. The number of carbonyl (C=O) groups excluding carboxylic acids is 3. The number of rotatable bonds is 41. The van der Waals surface area contributed by atoms with E-state index < -0.39 is 57.7 Å². The Morgan fingerprint density at radius 3 is 1.61 bits per heavy atom. The quantitative estimate of drug-likeness (QED) is 0.0132. The van der Waals surface area contributed by atoms with Crippen molar-refractivity contribution in [2.45, 2.75) is 199 Å². The van der Waals surface area contributed by atoms with E-state index in [0.29, 0.717) is 19.3 Å². The maximum absolute atomic E-state index is 12.6. The minimum absolute atomic E-state index is 0.0994. The average Bonchev–Trinajstić information content (AvgIpc) is 3.18. The minimum Gasteiger partial charge on any atom is -0.480 e. The zero-order valence-corrected chi connectivity index (χ0v) is 36.3. The molecule has 330 valence electrons. The summed E-state index contributed by atoms with van der Waals surface area (Å²) in [4.78, 5) is 58.0. The summed E-state index contributed by atoms with van der Waals surface area (Å²) >= 11 is 0. The SMILES string of the molecule is CCCCC/C=C\C=C\C(=O)CCCCCCCC(=O)OC[C@H](COP(=O)(O)OC[C@H](N)C(=O)O)OC(=O)CCCCCCCCC/C=C\CCCCCCCC. The molecule has 0 bridgehead atoms.